The summed E-state index contributed by atoms with van der Waals surface area (Å²) in [6.45, 7) is 8.82. The molecule has 0 aliphatic heterocycles. The summed E-state index contributed by atoms with van der Waals surface area (Å²) < 4.78 is 0. The van der Waals surface area contributed by atoms with E-state index in [1.807, 2.05) is 12.1 Å². The number of aromatic nitrogens is 1. The summed E-state index contributed by atoms with van der Waals surface area (Å²) in [4.78, 5) is 4.02. The van der Waals surface area contributed by atoms with Gasteiger partial charge in [0, 0.05) is 6.20 Å². The largest absolute Gasteiger partial charge is 0.245 e. The maximum Gasteiger partial charge on any atom is 0.129 e. The standard InChI is InChI=1S/C16H18ClN/c1-11-9-13(16(2,3)4)5-6-14(11)12-7-8-18-15(17)10-12/h5-10H,1-4H3. The predicted octanol–water partition coefficient (Wildman–Crippen LogP) is 5.01. The zero-order chi connectivity index (χ0) is 13.3. The fourth-order valence-corrected chi connectivity index (χ4v) is 2.20. The van der Waals surface area contributed by atoms with Crippen molar-refractivity contribution in [2.45, 2.75) is 33.1 Å². The van der Waals surface area contributed by atoms with Crippen LogP contribution in [0.3, 0.4) is 0 Å². The van der Waals surface area contributed by atoms with E-state index >= 15 is 0 Å². The summed E-state index contributed by atoms with van der Waals surface area (Å²) in [7, 11) is 0. The highest BCUT2D eigenvalue weighted by Gasteiger charge is 2.14. The summed E-state index contributed by atoms with van der Waals surface area (Å²) in [5.41, 5.74) is 5.13. The molecule has 0 saturated carbocycles. The first kappa shape index (κ1) is 13.1. The number of hydrogen-bond donors (Lipinski definition) is 0. The fourth-order valence-electron chi connectivity index (χ4n) is 2.02. The van der Waals surface area contributed by atoms with Gasteiger partial charge in [-0.1, -0.05) is 50.6 Å². The molecular formula is C16H18ClN. The Labute approximate surface area is 114 Å². The lowest BCUT2D eigenvalue weighted by molar-refractivity contribution is 0.590. The molecular weight excluding hydrogens is 242 g/mol. The first-order valence-corrected chi connectivity index (χ1v) is 6.49. The van der Waals surface area contributed by atoms with E-state index in [0.29, 0.717) is 5.15 Å². The first-order valence-electron chi connectivity index (χ1n) is 6.11. The quantitative estimate of drug-likeness (QED) is 0.656. The van der Waals surface area contributed by atoms with Crippen LogP contribution >= 0.6 is 11.6 Å². The second-order valence-corrected chi connectivity index (χ2v) is 6.03. The fraction of sp³-hybridized carbons (Fsp3) is 0.312. The lowest BCUT2D eigenvalue weighted by Crippen LogP contribution is -2.11. The molecule has 0 atom stereocenters. The third kappa shape index (κ3) is 2.73. The van der Waals surface area contributed by atoms with Gasteiger partial charge in [-0.15, -0.1) is 0 Å². The Morgan fingerprint density at radius 2 is 1.78 bits per heavy atom. The minimum Gasteiger partial charge on any atom is -0.245 e. The van der Waals surface area contributed by atoms with Crippen molar-refractivity contribution in [3.05, 3.63) is 52.8 Å². The lowest BCUT2D eigenvalue weighted by atomic mass is 9.85. The second kappa shape index (κ2) is 4.74. The third-order valence-electron chi connectivity index (χ3n) is 3.13. The van der Waals surface area contributed by atoms with Crippen LogP contribution < -0.4 is 0 Å². The van der Waals surface area contributed by atoms with Crippen LogP contribution in [0.4, 0.5) is 0 Å². The van der Waals surface area contributed by atoms with Crippen LogP contribution in [-0.2, 0) is 5.41 Å². The maximum atomic E-state index is 5.94. The molecule has 0 spiro atoms. The number of nitrogens with zero attached hydrogens (tertiary/aromatic N) is 1. The highest BCUT2D eigenvalue weighted by molar-refractivity contribution is 6.29. The van der Waals surface area contributed by atoms with E-state index in [9.17, 15) is 0 Å². The van der Waals surface area contributed by atoms with Gasteiger partial charge in [0.2, 0.25) is 0 Å². The average molecular weight is 260 g/mol. The molecule has 2 aromatic rings. The molecule has 1 nitrogen and oxygen atoms in total. The van der Waals surface area contributed by atoms with Crippen molar-refractivity contribution in [1.29, 1.82) is 0 Å². The maximum absolute atomic E-state index is 5.94. The van der Waals surface area contributed by atoms with Crippen LogP contribution in [0.1, 0.15) is 31.9 Å². The van der Waals surface area contributed by atoms with Gasteiger partial charge in [0.1, 0.15) is 5.15 Å². The van der Waals surface area contributed by atoms with Crippen molar-refractivity contribution in [1.82, 2.24) is 4.98 Å². The summed E-state index contributed by atoms with van der Waals surface area (Å²) in [6.07, 6.45) is 1.74. The van der Waals surface area contributed by atoms with Gasteiger partial charge in [-0.05, 0) is 46.7 Å². The van der Waals surface area contributed by atoms with Crippen molar-refractivity contribution in [2.24, 2.45) is 0 Å². The van der Waals surface area contributed by atoms with Crippen LogP contribution in [0.2, 0.25) is 5.15 Å². The molecule has 0 saturated heterocycles. The van der Waals surface area contributed by atoms with Gasteiger partial charge in [-0.25, -0.2) is 4.98 Å². The monoisotopic (exact) mass is 259 g/mol. The Morgan fingerprint density at radius 3 is 2.33 bits per heavy atom. The van der Waals surface area contributed by atoms with Gasteiger partial charge in [-0.2, -0.15) is 0 Å². The van der Waals surface area contributed by atoms with Crippen LogP contribution in [-0.4, -0.2) is 4.98 Å². The average Bonchev–Trinajstić information content (AvgIpc) is 2.27. The normalized spacial score (nSPS) is 11.6. The smallest absolute Gasteiger partial charge is 0.129 e. The molecule has 0 radical (unpaired) electrons. The van der Waals surface area contributed by atoms with E-state index < -0.39 is 0 Å². The minimum absolute atomic E-state index is 0.180. The molecule has 0 N–H and O–H groups in total. The Morgan fingerprint density at radius 1 is 1.06 bits per heavy atom. The Kier molecular flexibility index (Phi) is 3.45. The van der Waals surface area contributed by atoms with Crippen molar-refractivity contribution in [3.8, 4) is 11.1 Å². The number of rotatable bonds is 1. The summed E-state index contributed by atoms with van der Waals surface area (Å²) in [6, 6.07) is 10.5. The molecule has 2 heteroatoms. The number of aryl methyl sites for hydroxylation is 1. The summed E-state index contributed by atoms with van der Waals surface area (Å²) in [5, 5.41) is 0.534. The molecule has 1 heterocycles. The molecule has 1 aromatic heterocycles. The third-order valence-corrected chi connectivity index (χ3v) is 3.34. The second-order valence-electron chi connectivity index (χ2n) is 5.65. The van der Waals surface area contributed by atoms with Crippen LogP contribution in [0, 0.1) is 6.92 Å². The number of pyridine rings is 1. The summed E-state index contributed by atoms with van der Waals surface area (Å²) >= 11 is 5.94. The van der Waals surface area contributed by atoms with E-state index in [1.54, 1.807) is 6.20 Å². The Balaban J connectivity index is 2.48. The number of benzene rings is 1. The molecule has 0 unspecified atom stereocenters. The van der Waals surface area contributed by atoms with E-state index in [1.165, 1.54) is 16.7 Å². The van der Waals surface area contributed by atoms with E-state index in [2.05, 4.69) is 50.9 Å². The molecule has 18 heavy (non-hydrogen) atoms. The van der Waals surface area contributed by atoms with Crippen LogP contribution in [0.25, 0.3) is 11.1 Å². The van der Waals surface area contributed by atoms with Crippen molar-refractivity contribution < 1.29 is 0 Å². The molecule has 0 fully saturated rings. The molecule has 0 bridgehead atoms. The van der Waals surface area contributed by atoms with E-state index in [-0.39, 0.29) is 5.41 Å². The summed E-state index contributed by atoms with van der Waals surface area (Å²) in [5.74, 6) is 0. The highest BCUT2D eigenvalue weighted by Crippen LogP contribution is 2.29. The van der Waals surface area contributed by atoms with Gasteiger partial charge in [0.15, 0.2) is 0 Å². The molecule has 0 aliphatic rings. The predicted molar refractivity (Wildman–Crippen MR) is 78.1 cm³/mol. The van der Waals surface area contributed by atoms with Crippen LogP contribution in [0.15, 0.2) is 36.5 Å². The first-order chi connectivity index (χ1) is 8.38. The molecule has 1 aromatic carbocycles. The van der Waals surface area contributed by atoms with E-state index in [0.717, 1.165) is 5.56 Å². The lowest BCUT2D eigenvalue weighted by Gasteiger charge is -2.20. The molecule has 0 amide bonds. The van der Waals surface area contributed by atoms with Crippen molar-refractivity contribution in [3.63, 3.8) is 0 Å². The molecule has 2 rings (SSSR count). The number of hydrogen-bond acceptors (Lipinski definition) is 1. The van der Waals surface area contributed by atoms with Gasteiger partial charge in [-0.3, -0.25) is 0 Å². The Bertz CT molecular complexity index is 568. The molecule has 0 aliphatic carbocycles. The van der Waals surface area contributed by atoms with Crippen LogP contribution in [0.5, 0.6) is 0 Å². The van der Waals surface area contributed by atoms with E-state index in [4.69, 9.17) is 11.6 Å². The topological polar surface area (TPSA) is 12.9 Å². The minimum atomic E-state index is 0.180. The highest BCUT2D eigenvalue weighted by atomic mass is 35.5. The van der Waals surface area contributed by atoms with Gasteiger partial charge < -0.3 is 0 Å². The number of halogens is 1. The van der Waals surface area contributed by atoms with Gasteiger partial charge in [0.05, 0.1) is 0 Å². The molecule has 94 valence electrons. The zero-order valence-corrected chi connectivity index (χ0v) is 12.0. The van der Waals surface area contributed by atoms with Crippen molar-refractivity contribution in [2.75, 3.05) is 0 Å². The van der Waals surface area contributed by atoms with Crippen molar-refractivity contribution >= 4 is 11.6 Å². The zero-order valence-electron chi connectivity index (χ0n) is 11.3. The SMILES string of the molecule is Cc1cc(C(C)(C)C)ccc1-c1ccnc(Cl)c1. The Hall–Kier alpha value is -1.34. The van der Waals surface area contributed by atoms with Gasteiger partial charge >= 0.3 is 0 Å². The van der Waals surface area contributed by atoms with Gasteiger partial charge in [0.25, 0.3) is 0 Å².